The Morgan fingerprint density at radius 2 is 1.62 bits per heavy atom. The van der Waals surface area contributed by atoms with Gasteiger partial charge in [-0.2, -0.15) is 0 Å². The number of carbonyl (C=O) groups excluding carboxylic acids is 2. The Hall–Kier alpha value is -4.36. The third-order valence-electron chi connectivity index (χ3n) is 6.45. The van der Waals surface area contributed by atoms with E-state index in [9.17, 15) is 9.59 Å². The van der Waals surface area contributed by atoms with Crippen LogP contribution in [0.15, 0.2) is 101 Å². The van der Waals surface area contributed by atoms with E-state index in [1.807, 2.05) is 92.7 Å². The topological polar surface area (TPSA) is 63.9 Å². The Kier molecular flexibility index (Phi) is 7.79. The second-order valence-electron chi connectivity index (χ2n) is 9.15. The molecule has 5 rings (SSSR count). The molecular weight excluding hydrogens is 506 g/mol. The zero-order valence-electron chi connectivity index (χ0n) is 22.1. The van der Waals surface area contributed by atoms with Gasteiger partial charge in [0, 0.05) is 17.1 Å². The van der Waals surface area contributed by atoms with Gasteiger partial charge in [0.2, 0.25) is 0 Å². The molecule has 0 unspecified atom stereocenters. The van der Waals surface area contributed by atoms with Crippen molar-refractivity contribution in [2.75, 3.05) is 6.61 Å². The molecular formula is C32H29N3O3S. The summed E-state index contributed by atoms with van der Waals surface area (Å²) in [6, 6.07) is 29.1. The molecule has 7 heteroatoms. The van der Waals surface area contributed by atoms with Gasteiger partial charge in [0.25, 0.3) is 5.91 Å². The van der Waals surface area contributed by atoms with Crippen molar-refractivity contribution in [1.29, 1.82) is 0 Å². The molecule has 0 N–H and O–H groups in total. The SMILES string of the molecule is CCOC(=O)c1ccc(-n2c(C)cc(/C=C3\SC(=Nc4ccccc4)N(Cc4ccccc4)C3=O)c2C)cc1. The molecule has 39 heavy (non-hydrogen) atoms. The molecule has 3 aromatic carbocycles. The summed E-state index contributed by atoms with van der Waals surface area (Å²) in [6.45, 7) is 6.64. The smallest absolute Gasteiger partial charge is 0.338 e. The standard InChI is InChI=1S/C32H29N3O3S/c1-4-38-31(37)25-15-17-28(18-16-25)35-22(2)19-26(23(35)3)20-29-30(36)34(21-24-11-7-5-8-12-24)32(39-29)33-27-13-9-6-10-14-27/h5-20H,4,21H2,1-3H3/b29-20-,33-32?. The maximum absolute atomic E-state index is 13.6. The zero-order valence-corrected chi connectivity index (χ0v) is 22.9. The third-order valence-corrected chi connectivity index (χ3v) is 7.45. The molecule has 1 aliphatic heterocycles. The maximum Gasteiger partial charge on any atom is 0.338 e. The van der Waals surface area contributed by atoms with Gasteiger partial charge >= 0.3 is 5.97 Å². The number of aliphatic imine (C=N–C) groups is 1. The van der Waals surface area contributed by atoms with E-state index in [0.29, 0.717) is 28.8 Å². The fourth-order valence-electron chi connectivity index (χ4n) is 4.54. The van der Waals surface area contributed by atoms with Gasteiger partial charge in [0.15, 0.2) is 5.17 Å². The number of ether oxygens (including phenoxy) is 1. The molecule has 1 fully saturated rings. The van der Waals surface area contributed by atoms with Crippen LogP contribution in [0.4, 0.5) is 5.69 Å². The van der Waals surface area contributed by atoms with E-state index < -0.39 is 0 Å². The van der Waals surface area contributed by atoms with Gasteiger partial charge in [-0.1, -0.05) is 48.5 Å². The quantitative estimate of drug-likeness (QED) is 0.187. The van der Waals surface area contributed by atoms with Crippen LogP contribution in [-0.2, 0) is 16.1 Å². The number of amidine groups is 1. The highest BCUT2D eigenvalue weighted by molar-refractivity contribution is 8.18. The highest BCUT2D eigenvalue weighted by atomic mass is 32.2. The van der Waals surface area contributed by atoms with Crippen LogP contribution in [0, 0.1) is 13.8 Å². The molecule has 0 aliphatic carbocycles. The summed E-state index contributed by atoms with van der Waals surface area (Å²) in [5.74, 6) is -0.401. The van der Waals surface area contributed by atoms with E-state index >= 15 is 0 Å². The first-order valence-electron chi connectivity index (χ1n) is 12.8. The minimum atomic E-state index is -0.333. The molecule has 196 valence electrons. The average molecular weight is 536 g/mol. The number of para-hydroxylation sites is 1. The number of nitrogens with zero attached hydrogens (tertiary/aromatic N) is 3. The lowest BCUT2D eigenvalue weighted by atomic mass is 10.2. The normalized spacial score (nSPS) is 15.4. The largest absolute Gasteiger partial charge is 0.462 e. The van der Waals surface area contributed by atoms with E-state index in [4.69, 9.17) is 9.73 Å². The molecule has 0 atom stereocenters. The molecule has 0 radical (unpaired) electrons. The molecule has 0 spiro atoms. The van der Waals surface area contributed by atoms with Gasteiger partial charge in [-0.3, -0.25) is 9.69 Å². The molecule has 2 heterocycles. The van der Waals surface area contributed by atoms with Crippen molar-refractivity contribution in [3.8, 4) is 5.69 Å². The lowest BCUT2D eigenvalue weighted by Crippen LogP contribution is -2.28. The average Bonchev–Trinajstić information content (AvgIpc) is 3.39. The Morgan fingerprint density at radius 1 is 0.949 bits per heavy atom. The Labute approximate surface area is 232 Å². The van der Waals surface area contributed by atoms with Crippen molar-refractivity contribution in [2.24, 2.45) is 4.99 Å². The lowest BCUT2D eigenvalue weighted by molar-refractivity contribution is -0.122. The van der Waals surface area contributed by atoms with Crippen LogP contribution in [0.1, 0.15) is 39.8 Å². The van der Waals surface area contributed by atoms with Crippen molar-refractivity contribution >= 4 is 40.6 Å². The van der Waals surface area contributed by atoms with E-state index in [2.05, 4.69) is 10.6 Å². The maximum atomic E-state index is 13.6. The van der Waals surface area contributed by atoms with Crippen molar-refractivity contribution in [3.63, 3.8) is 0 Å². The van der Waals surface area contributed by atoms with Crippen molar-refractivity contribution < 1.29 is 14.3 Å². The Bertz CT molecular complexity index is 1560. The number of amides is 1. The van der Waals surface area contributed by atoms with E-state index in [1.54, 1.807) is 24.0 Å². The summed E-state index contributed by atoms with van der Waals surface area (Å²) in [4.78, 5) is 32.9. The number of benzene rings is 3. The summed E-state index contributed by atoms with van der Waals surface area (Å²) < 4.78 is 7.22. The molecule has 1 saturated heterocycles. The second kappa shape index (κ2) is 11.6. The van der Waals surface area contributed by atoms with Crippen molar-refractivity contribution in [1.82, 2.24) is 9.47 Å². The number of thioether (sulfide) groups is 1. The number of hydrogen-bond acceptors (Lipinski definition) is 5. The number of hydrogen-bond donors (Lipinski definition) is 0. The van der Waals surface area contributed by atoms with Crippen molar-refractivity contribution in [3.05, 3.63) is 124 Å². The molecule has 4 aromatic rings. The minimum Gasteiger partial charge on any atom is -0.462 e. The third kappa shape index (κ3) is 5.73. The van der Waals surface area contributed by atoms with Gasteiger partial charge in [0.05, 0.1) is 29.3 Å². The monoisotopic (exact) mass is 535 g/mol. The van der Waals surface area contributed by atoms with Crippen LogP contribution in [0.3, 0.4) is 0 Å². The zero-order chi connectivity index (χ0) is 27.4. The van der Waals surface area contributed by atoms with Gasteiger partial charge in [-0.15, -0.1) is 0 Å². The van der Waals surface area contributed by atoms with Crippen LogP contribution in [0.2, 0.25) is 0 Å². The summed E-state index contributed by atoms with van der Waals surface area (Å²) in [5, 5.41) is 0.657. The molecule has 0 saturated carbocycles. The lowest BCUT2D eigenvalue weighted by Gasteiger charge is -2.15. The molecule has 6 nitrogen and oxygen atoms in total. The van der Waals surface area contributed by atoms with E-state index in [1.165, 1.54) is 11.8 Å². The first kappa shape index (κ1) is 26.3. The predicted molar refractivity (Wildman–Crippen MR) is 157 cm³/mol. The van der Waals surface area contributed by atoms with Crippen LogP contribution in [0.5, 0.6) is 0 Å². The number of aryl methyl sites for hydroxylation is 1. The highest BCUT2D eigenvalue weighted by Gasteiger charge is 2.33. The molecule has 0 bridgehead atoms. The summed E-state index contributed by atoms with van der Waals surface area (Å²) in [7, 11) is 0. The second-order valence-corrected chi connectivity index (χ2v) is 10.2. The summed E-state index contributed by atoms with van der Waals surface area (Å²) >= 11 is 1.39. The highest BCUT2D eigenvalue weighted by Crippen LogP contribution is 2.36. The van der Waals surface area contributed by atoms with Gasteiger partial charge in [0.1, 0.15) is 0 Å². The Balaban J connectivity index is 1.47. The fourth-order valence-corrected chi connectivity index (χ4v) is 5.53. The van der Waals surface area contributed by atoms with E-state index in [-0.39, 0.29) is 11.9 Å². The number of esters is 1. The Morgan fingerprint density at radius 3 is 2.28 bits per heavy atom. The number of aromatic nitrogens is 1. The van der Waals surface area contributed by atoms with E-state index in [0.717, 1.165) is 33.9 Å². The number of rotatable bonds is 7. The van der Waals surface area contributed by atoms with Gasteiger partial charge in [-0.25, -0.2) is 9.79 Å². The van der Waals surface area contributed by atoms with Crippen molar-refractivity contribution in [2.45, 2.75) is 27.3 Å². The molecule has 1 amide bonds. The number of carbonyl (C=O) groups is 2. The van der Waals surface area contributed by atoms with Crippen LogP contribution in [0.25, 0.3) is 11.8 Å². The molecule has 1 aliphatic rings. The predicted octanol–water partition coefficient (Wildman–Crippen LogP) is 7.08. The van der Waals surface area contributed by atoms with Gasteiger partial charge < -0.3 is 9.30 Å². The van der Waals surface area contributed by atoms with Crippen LogP contribution >= 0.6 is 11.8 Å². The van der Waals surface area contributed by atoms with Crippen LogP contribution in [-0.4, -0.2) is 33.1 Å². The summed E-state index contributed by atoms with van der Waals surface area (Å²) in [5.41, 5.74) is 6.28. The summed E-state index contributed by atoms with van der Waals surface area (Å²) in [6.07, 6.45) is 1.95. The first-order chi connectivity index (χ1) is 18.9. The van der Waals surface area contributed by atoms with Gasteiger partial charge in [-0.05, 0) is 92.2 Å². The minimum absolute atomic E-state index is 0.0675. The first-order valence-corrected chi connectivity index (χ1v) is 13.6. The fraction of sp³-hybridized carbons (Fsp3) is 0.156. The van der Waals surface area contributed by atoms with Crippen LogP contribution < -0.4 is 0 Å². The molecule has 1 aromatic heterocycles.